The first-order valence-electron chi connectivity index (χ1n) is 4.74. The van der Waals surface area contributed by atoms with Crippen molar-refractivity contribution in [2.45, 2.75) is 13.3 Å². The van der Waals surface area contributed by atoms with Crippen LogP contribution in [0.3, 0.4) is 0 Å². The summed E-state index contributed by atoms with van der Waals surface area (Å²) >= 11 is 0. The average Bonchev–Trinajstić information content (AvgIpc) is 3.01. The lowest BCUT2D eigenvalue weighted by Crippen LogP contribution is -1.78. The lowest BCUT2D eigenvalue weighted by molar-refractivity contribution is 1.46. The second kappa shape index (κ2) is 3.55. The van der Waals surface area contributed by atoms with Crippen molar-refractivity contribution >= 4 is 6.08 Å². The molecule has 2 rings (SSSR count). The quantitative estimate of drug-likeness (QED) is 0.612. The number of benzene rings is 1. The molecule has 0 saturated heterocycles. The molecule has 0 bridgehead atoms. The molecule has 0 aliphatic heterocycles. The summed E-state index contributed by atoms with van der Waals surface area (Å²) in [4.78, 5) is 0. The maximum absolute atomic E-state index is 5.43. The summed E-state index contributed by atoms with van der Waals surface area (Å²) in [6, 6.07) is 8.38. The first-order valence-corrected chi connectivity index (χ1v) is 4.74. The van der Waals surface area contributed by atoms with E-state index in [-0.39, 0.29) is 0 Å². The van der Waals surface area contributed by atoms with E-state index in [0.29, 0.717) is 0 Å². The highest BCUT2D eigenvalue weighted by Crippen LogP contribution is 2.28. The molecule has 14 heavy (non-hydrogen) atoms. The summed E-state index contributed by atoms with van der Waals surface area (Å²) in [5.41, 5.74) is 4.77. The van der Waals surface area contributed by atoms with E-state index < -0.39 is 0 Å². The number of hydrogen-bond donors (Lipinski definition) is 0. The van der Waals surface area contributed by atoms with Crippen LogP contribution < -0.4 is 0 Å². The summed E-state index contributed by atoms with van der Waals surface area (Å²) in [7, 11) is 0. The van der Waals surface area contributed by atoms with Gasteiger partial charge in [-0.3, -0.25) is 0 Å². The van der Waals surface area contributed by atoms with Crippen LogP contribution >= 0.6 is 0 Å². The largest absolute Gasteiger partial charge is 0.115 e. The Morgan fingerprint density at radius 3 is 2.50 bits per heavy atom. The normalized spacial score (nSPS) is 14.6. The van der Waals surface area contributed by atoms with Crippen LogP contribution in [0.2, 0.25) is 0 Å². The highest BCUT2D eigenvalue weighted by molar-refractivity contribution is 5.67. The highest BCUT2D eigenvalue weighted by atomic mass is 14.1. The maximum atomic E-state index is 5.43. The molecule has 0 fully saturated rings. The fourth-order valence-electron chi connectivity index (χ4n) is 1.33. The summed E-state index contributed by atoms with van der Waals surface area (Å²) in [6.07, 6.45) is 10.7. The highest BCUT2D eigenvalue weighted by Gasteiger charge is 2.10. The maximum Gasteiger partial charge on any atom is 0.0280 e. The molecule has 0 nitrogen and oxygen atoms in total. The van der Waals surface area contributed by atoms with Gasteiger partial charge in [0.2, 0.25) is 0 Å². The molecule has 1 aromatic rings. The van der Waals surface area contributed by atoms with E-state index in [1.807, 2.05) is 0 Å². The third-order valence-corrected chi connectivity index (χ3v) is 2.30. The third kappa shape index (κ3) is 1.95. The van der Waals surface area contributed by atoms with Crippen LogP contribution in [0.5, 0.6) is 0 Å². The molecule has 0 N–H and O–H groups in total. The van der Waals surface area contributed by atoms with Gasteiger partial charge in [0.05, 0.1) is 0 Å². The van der Waals surface area contributed by atoms with Gasteiger partial charge in [-0.15, -0.1) is 6.42 Å². The van der Waals surface area contributed by atoms with Crippen LogP contribution in [-0.2, 0) is 0 Å². The van der Waals surface area contributed by atoms with Crippen molar-refractivity contribution in [2.24, 2.45) is 0 Å². The molecular formula is C14H12. The number of terminal acetylenes is 1. The Labute approximate surface area is 85.0 Å². The molecule has 0 unspecified atom stereocenters. The molecule has 0 aromatic heterocycles. The molecule has 0 radical (unpaired) electrons. The fourth-order valence-corrected chi connectivity index (χ4v) is 1.33. The van der Waals surface area contributed by atoms with E-state index in [4.69, 9.17) is 6.42 Å². The Hall–Kier alpha value is -1.74. The molecule has 0 saturated carbocycles. The van der Waals surface area contributed by atoms with E-state index >= 15 is 0 Å². The zero-order valence-electron chi connectivity index (χ0n) is 8.25. The molecule has 1 aliphatic carbocycles. The van der Waals surface area contributed by atoms with Crippen LogP contribution in [0.15, 0.2) is 41.5 Å². The smallest absolute Gasteiger partial charge is 0.0280 e. The fraction of sp³-hybridized carbons (Fsp3) is 0.143. The molecule has 68 valence electrons. The van der Waals surface area contributed by atoms with Crippen molar-refractivity contribution in [3.8, 4) is 12.3 Å². The Morgan fingerprint density at radius 1 is 1.36 bits per heavy atom. The second-order valence-corrected chi connectivity index (χ2v) is 3.55. The molecule has 0 amide bonds. The summed E-state index contributed by atoms with van der Waals surface area (Å²) in [5, 5.41) is 0. The lowest BCUT2D eigenvalue weighted by Gasteiger charge is -1.96. The van der Waals surface area contributed by atoms with Gasteiger partial charge in [-0.1, -0.05) is 41.8 Å². The second-order valence-electron chi connectivity index (χ2n) is 3.55. The van der Waals surface area contributed by atoms with Crippen molar-refractivity contribution in [1.82, 2.24) is 0 Å². The monoisotopic (exact) mass is 180 g/mol. The van der Waals surface area contributed by atoms with E-state index in [2.05, 4.69) is 49.3 Å². The first kappa shape index (κ1) is 8.84. The van der Waals surface area contributed by atoms with E-state index in [1.54, 1.807) is 0 Å². The zero-order valence-corrected chi connectivity index (χ0v) is 8.25. The van der Waals surface area contributed by atoms with Crippen LogP contribution in [0.25, 0.3) is 6.08 Å². The average molecular weight is 180 g/mol. The summed E-state index contributed by atoms with van der Waals surface area (Å²) < 4.78 is 0. The van der Waals surface area contributed by atoms with Crippen LogP contribution in [-0.4, -0.2) is 0 Å². The minimum absolute atomic E-state index is 1.02. The minimum atomic E-state index is 1.02. The van der Waals surface area contributed by atoms with Gasteiger partial charge in [0.25, 0.3) is 0 Å². The molecular weight excluding hydrogens is 168 g/mol. The molecule has 0 heteroatoms. The third-order valence-electron chi connectivity index (χ3n) is 2.30. The predicted molar refractivity (Wildman–Crippen MR) is 60.7 cm³/mol. The van der Waals surface area contributed by atoms with Gasteiger partial charge >= 0.3 is 0 Å². The van der Waals surface area contributed by atoms with Crippen molar-refractivity contribution in [2.75, 3.05) is 0 Å². The minimum Gasteiger partial charge on any atom is -0.115 e. The first-order chi connectivity index (χ1) is 6.79. The van der Waals surface area contributed by atoms with Crippen LogP contribution in [0.1, 0.15) is 17.5 Å². The number of rotatable bonds is 2. The Morgan fingerprint density at radius 2 is 2.00 bits per heavy atom. The number of hydrogen-bond acceptors (Lipinski definition) is 0. The SMILES string of the molecule is C#CC(=Cc1ccc(C)cc1)C1=CC1. The molecule has 0 atom stereocenters. The van der Waals surface area contributed by atoms with Gasteiger partial charge in [-0.05, 0) is 30.6 Å². The standard InChI is InChI=1S/C14H12/c1-3-13(14-8-9-14)10-12-6-4-11(2)5-7-12/h1,4-8,10H,9H2,2H3. The van der Waals surface area contributed by atoms with E-state index in [9.17, 15) is 0 Å². The van der Waals surface area contributed by atoms with E-state index in [0.717, 1.165) is 12.0 Å². The van der Waals surface area contributed by atoms with Gasteiger partial charge in [-0.2, -0.15) is 0 Å². The van der Waals surface area contributed by atoms with Crippen molar-refractivity contribution < 1.29 is 0 Å². The molecule has 0 heterocycles. The van der Waals surface area contributed by atoms with Crippen molar-refractivity contribution in [1.29, 1.82) is 0 Å². The number of allylic oxidation sites excluding steroid dienone is 3. The Balaban J connectivity index is 2.28. The van der Waals surface area contributed by atoms with Crippen molar-refractivity contribution in [3.05, 3.63) is 52.6 Å². The summed E-state index contributed by atoms with van der Waals surface area (Å²) in [6.45, 7) is 2.08. The molecule has 1 aromatic carbocycles. The van der Waals surface area contributed by atoms with Gasteiger partial charge in [0.15, 0.2) is 0 Å². The van der Waals surface area contributed by atoms with Gasteiger partial charge in [0, 0.05) is 5.57 Å². The lowest BCUT2D eigenvalue weighted by atomic mass is 10.1. The Bertz CT molecular complexity index is 436. The van der Waals surface area contributed by atoms with Crippen LogP contribution in [0, 0.1) is 19.3 Å². The van der Waals surface area contributed by atoms with Crippen LogP contribution in [0.4, 0.5) is 0 Å². The van der Waals surface area contributed by atoms with Gasteiger partial charge in [-0.25, -0.2) is 0 Å². The van der Waals surface area contributed by atoms with E-state index in [1.165, 1.54) is 16.7 Å². The Kier molecular flexibility index (Phi) is 2.24. The van der Waals surface area contributed by atoms with Gasteiger partial charge in [0.1, 0.15) is 0 Å². The van der Waals surface area contributed by atoms with Crippen molar-refractivity contribution in [3.63, 3.8) is 0 Å². The predicted octanol–water partition coefficient (Wildman–Crippen LogP) is 3.34. The zero-order chi connectivity index (χ0) is 9.97. The molecule has 0 spiro atoms. The summed E-state index contributed by atoms with van der Waals surface area (Å²) in [5.74, 6) is 2.72. The topological polar surface area (TPSA) is 0 Å². The van der Waals surface area contributed by atoms with Gasteiger partial charge < -0.3 is 0 Å². The number of aryl methyl sites for hydroxylation is 1. The molecule has 1 aliphatic rings.